The molecule has 6 rings (SSSR count). The lowest BCUT2D eigenvalue weighted by Crippen LogP contribution is -2.54. The van der Waals surface area contributed by atoms with Crippen LogP contribution in [-0.4, -0.2) is 121 Å². The number of hydroxylamine groups is 2. The second kappa shape index (κ2) is 13.6. The number of piperidine rings is 1. The van der Waals surface area contributed by atoms with Crippen LogP contribution in [0.5, 0.6) is 5.75 Å². The van der Waals surface area contributed by atoms with Crippen LogP contribution in [0.4, 0.5) is 15.3 Å². The van der Waals surface area contributed by atoms with E-state index in [9.17, 15) is 14.4 Å². The number of benzene rings is 2. The molecule has 0 spiro atoms. The third kappa shape index (κ3) is 6.77. The number of piperazine rings is 2. The van der Waals surface area contributed by atoms with Gasteiger partial charge in [0.1, 0.15) is 18.4 Å². The van der Waals surface area contributed by atoms with Crippen LogP contribution in [0, 0.1) is 18.3 Å². The van der Waals surface area contributed by atoms with Crippen LogP contribution in [-0.2, 0) is 16.2 Å². The van der Waals surface area contributed by atoms with Gasteiger partial charge in [-0.05, 0) is 61.7 Å². The van der Waals surface area contributed by atoms with Gasteiger partial charge in [0.2, 0.25) is 0 Å². The van der Waals surface area contributed by atoms with E-state index in [-0.39, 0.29) is 6.61 Å². The van der Waals surface area contributed by atoms with Gasteiger partial charge in [-0.1, -0.05) is 41.3 Å². The van der Waals surface area contributed by atoms with Crippen LogP contribution in [0.2, 0.25) is 0 Å². The van der Waals surface area contributed by atoms with Crippen molar-refractivity contribution in [2.24, 2.45) is 5.92 Å². The highest BCUT2D eigenvalue weighted by Crippen LogP contribution is 2.27. The molecule has 2 aromatic carbocycles. The van der Waals surface area contributed by atoms with Crippen LogP contribution in [0.25, 0.3) is 0 Å². The summed E-state index contributed by atoms with van der Waals surface area (Å²) in [7, 11) is 0. The quantitative estimate of drug-likeness (QED) is 0.338. The first-order valence-corrected chi connectivity index (χ1v) is 15.5. The van der Waals surface area contributed by atoms with Gasteiger partial charge in [-0.2, -0.15) is 0 Å². The van der Waals surface area contributed by atoms with Gasteiger partial charge in [-0.15, -0.1) is 6.42 Å². The summed E-state index contributed by atoms with van der Waals surface area (Å²) in [6, 6.07) is 17.0. The Bertz CT molecular complexity index is 1350. The Morgan fingerprint density at radius 1 is 0.864 bits per heavy atom. The van der Waals surface area contributed by atoms with Crippen LogP contribution in [0.1, 0.15) is 18.4 Å². The van der Waals surface area contributed by atoms with Gasteiger partial charge in [0.25, 0.3) is 5.91 Å². The molecule has 0 bridgehead atoms. The standard InChI is InChI=1S/C33H40N6O5/c1-2-22-43-29-10-8-28(9-11-29)36-17-19-37(20-18-36)33(42)44-39-31(40)30-25-35(16-21-38(30)32(39)41)24-27-12-14-34(15-13-27)23-26-6-4-3-5-7-26/h1,3-11,27,30H,12-25H2/t30-/m0/s1. The molecule has 0 aliphatic carbocycles. The normalized spacial score (nSPS) is 21.8. The number of nitrogens with zero attached hydrogens (tertiary/aromatic N) is 6. The summed E-state index contributed by atoms with van der Waals surface area (Å²) in [4.78, 5) is 54.8. The number of fused-ring (bicyclic) bond motifs is 1. The van der Waals surface area contributed by atoms with Gasteiger partial charge in [0.15, 0.2) is 0 Å². The lowest BCUT2D eigenvalue weighted by molar-refractivity contribution is -0.152. The molecule has 0 saturated carbocycles. The fraction of sp³-hybridized carbons (Fsp3) is 0.485. The fourth-order valence-electron chi connectivity index (χ4n) is 6.57. The molecule has 232 valence electrons. The molecule has 4 aliphatic heterocycles. The van der Waals surface area contributed by atoms with Crippen molar-refractivity contribution in [2.45, 2.75) is 25.4 Å². The summed E-state index contributed by atoms with van der Waals surface area (Å²) in [6.45, 7) is 7.87. The number of ether oxygens (including phenoxy) is 1. The molecule has 4 saturated heterocycles. The minimum atomic E-state index is -0.677. The van der Waals surface area contributed by atoms with Crippen LogP contribution in [0.15, 0.2) is 54.6 Å². The van der Waals surface area contributed by atoms with Crippen LogP contribution < -0.4 is 9.64 Å². The van der Waals surface area contributed by atoms with Crippen molar-refractivity contribution >= 4 is 23.7 Å². The Kier molecular flexibility index (Phi) is 9.19. The molecule has 4 amide bonds. The van der Waals surface area contributed by atoms with E-state index in [1.165, 1.54) is 10.5 Å². The number of likely N-dealkylation sites (tertiary alicyclic amines) is 1. The average Bonchev–Trinajstić information content (AvgIpc) is 3.29. The number of terminal acetylenes is 1. The first kappa shape index (κ1) is 29.8. The number of rotatable bonds is 8. The number of hydrogen-bond donors (Lipinski definition) is 0. The van der Waals surface area contributed by atoms with E-state index in [0.29, 0.717) is 62.5 Å². The molecule has 11 heteroatoms. The van der Waals surface area contributed by atoms with E-state index >= 15 is 0 Å². The number of carbonyl (C=O) groups is 3. The maximum Gasteiger partial charge on any atom is 0.434 e. The lowest BCUT2D eigenvalue weighted by atomic mass is 9.95. The molecule has 2 aromatic rings. The number of carbonyl (C=O) groups excluding carboxylic acids is 3. The third-order valence-corrected chi connectivity index (χ3v) is 9.07. The van der Waals surface area contributed by atoms with E-state index in [1.807, 2.05) is 30.3 Å². The molecule has 1 atom stereocenters. The zero-order valence-electron chi connectivity index (χ0n) is 25.1. The Morgan fingerprint density at radius 3 is 2.30 bits per heavy atom. The first-order chi connectivity index (χ1) is 21.5. The topological polar surface area (TPSA) is 89.1 Å². The Hall–Kier alpha value is -4.27. The van der Waals surface area contributed by atoms with Crippen molar-refractivity contribution in [1.29, 1.82) is 0 Å². The monoisotopic (exact) mass is 600 g/mol. The SMILES string of the molecule is C#CCOc1ccc(N2CCN(C(=O)ON3C(=O)[C@@H]4CN(CC5CCN(Cc6ccccc6)CC5)CCN4C3=O)CC2)cc1. The summed E-state index contributed by atoms with van der Waals surface area (Å²) < 4.78 is 5.43. The van der Waals surface area contributed by atoms with Gasteiger partial charge >= 0.3 is 12.1 Å². The number of imide groups is 1. The molecule has 4 heterocycles. The van der Waals surface area contributed by atoms with E-state index < -0.39 is 24.1 Å². The Morgan fingerprint density at radius 2 is 1.59 bits per heavy atom. The summed E-state index contributed by atoms with van der Waals surface area (Å²) in [5.41, 5.74) is 2.35. The van der Waals surface area contributed by atoms with Crippen LogP contribution >= 0.6 is 0 Å². The zero-order chi connectivity index (χ0) is 30.5. The first-order valence-electron chi connectivity index (χ1n) is 15.5. The summed E-state index contributed by atoms with van der Waals surface area (Å²) in [6.07, 6.45) is 6.80. The van der Waals surface area contributed by atoms with Gasteiger partial charge in [0, 0.05) is 64.6 Å². The molecule has 0 N–H and O–H groups in total. The number of urea groups is 1. The van der Waals surface area contributed by atoms with Crippen molar-refractivity contribution in [3.63, 3.8) is 0 Å². The molecule has 4 aliphatic rings. The highest BCUT2D eigenvalue weighted by Gasteiger charge is 2.50. The maximum atomic E-state index is 13.3. The predicted octanol–water partition coefficient (Wildman–Crippen LogP) is 2.73. The minimum absolute atomic E-state index is 0.217. The largest absolute Gasteiger partial charge is 0.481 e. The molecule has 44 heavy (non-hydrogen) atoms. The molecule has 0 aromatic heterocycles. The van der Waals surface area contributed by atoms with Crippen molar-refractivity contribution in [2.75, 3.05) is 77.0 Å². The van der Waals surface area contributed by atoms with Crippen molar-refractivity contribution < 1.29 is 24.0 Å². The van der Waals surface area contributed by atoms with Crippen molar-refractivity contribution in [3.8, 4) is 18.1 Å². The van der Waals surface area contributed by atoms with E-state index in [0.717, 1.165) is 44.7 Å². The van der Waals surface area contributed by atoms with Crippen molar-refractivity contribution in [1.82, 2.24) is 24.7 Å². The molecule has 0 unspecified atom stereocenters. The van der Waals surface area contributed by atoms with E-state index in [2.05, 4.69) is 44.9 Å². The second-order valence-electron chi connectivity index (χ2n) is 11.9. The second-order valence-corrected chi connectivity index (χ2v) is 11.9. The van der Waals surface area contributed by atoms with Gasteiger partial charge < -0.3 is 24.3 Å². The Balaban J connectivity index is 0.948. The molecule has 0 radical (unpaired) electrons. The van der Waals surface area contributed by atoms with Gasteiger partial charge in [0.05, 0.1) is 0 Å². The highest BCUT2D eigenvalue weighted by molar-refractivity contribution is 6.04. The van der Waals surface area contributed by atoms with E-state index in [1.54, 1.807) is 4.90 Å². The zero-order valence-corrected chi connectivity index (χ0v) is 25.1. The summed E-state index contributed by atoms with van der Waals surface area (Å²) >= 11 is 0. The summed E-state index contributed by atoms with van der Waals surface area (Å²) in [5, 5.41) is 0.680. The molecular weight excluding hydrogens is 560 g/mol. The maximum absolute atomic E-state index is 13.3. The number of hydrogen-bond acceptors (Lipinski definition) is 8. The molecule has 4 fully saturated rings. The fourth-order valence-corrected chi connectivity index (χ4v) is 6.57. The van der Waals surface area contributed by atoms with Crippen molar-refractivity contribution in [3.05, 3.63) is 60.2 Å². The molecular formula is C33H40N6O5. The average molecular weight is 601 g/mol. The Labute approximate surface area is 258 Å². The number of amides is 4. The minimum Gasteiger partial charge on any atom is -0.481 e. The smallest absolute Gasteiger partial charge is 0.434 e. The number of anilines is 1. The molecule has 11 nitrogen and oxygen atoms in total. The third-order valence-electron chi connectivity index (χ3n) is 9.07. The van der Waals surface area contributed by atoms with E-state index in [4.69, 9.17) is 16.0 Å². The summed E-state index contributed by atoms with van der Waals surface area (Å²) in [5.74, 6) is 3.25. The van der Waals surface area contributed by atoms with Gasteiger partial charge in [-0.3, -0.25) is 14.6 Å². The highest BCUT2D eigenvalue weighted by atomic mass is 16.7. The lowest BCUT2D eigenvalue weighted by Gasteiger charge is -2.39. The van der Waals surface area contributed by atoms with Gasteiger partial charge in [-0.25, -0.2) is 9.59 Å². The van der Waals surface area contributed by atoms with Crippen LogP contribution in [0.3, 0.4) is 0 Å². The predicted molar refractivity (Wildman–Crippen MR) is 165 cm³/mol.